The summed E-state index contributed by atoms with van der Waals surface area (Å²) in [5.41, 5.74) is -1.57. The van der Waals surface area contributed by atoms with Gasteiger partial charge in [0.25, 0.3) is 0 Å². The van der Waals surface area contributed by atoms with E-state index in [1.54, 1.807) is 18.2 Å². The Morgan fingerprint density at radius 3 is 2.71 bits per heavy atom. The van der Waals surface area contributed by atoms with Gasteiger partial charge in [-0.1, -0.05) is 12.1 Å². The van der Waals surface area contributed by atoms with Crippen molar-refractivity contribution in [2.75, 3.05) is 10.2 Å². The number of alkyl halides is 3. The van der Waals surface area contributed by atoms with Gasteiger partial charge in [0, 0.05) is 12.8 Å². The molecule has 0 unspecified atom stereocenters. The number of hydrogen-bond donors (Lipinski definition) is 1. The molecule has 3 rings (SSSR count). The maximum absolute atomic E-state index is 13.2. The molecule has 1 aromatic carbocycles. The van der Waals surface area contributed by atoms with Crippen molar-refractivity contribution in [2.24, 2.45) is 0 Å². The lowest BCUT2D eigenvalue weighted by atomic mass is 10.1. The van der Waals surface area contributed by atoms with Crippen LogP contribution < -0.4 is 10.2 Å². The summed E-state index contributed by atoms with van der Waals surface area (Å²) in [5, 5.41) is 2.46. The summed E-state index contributed by atoms with van der Waals surface area (Å²) in [5.74, 6) is -0.486. The van der Waals surface area contributed by atoms with Crippen molar-refractivity contribution in [1.29, 1.82) is 0 Å². The Morgan fingerprint density at radius 2 is 2.00 bits per heavy atom. The number of rotatable bonds is 0. The number of benzene rings is 1. The van der Waals surface area contributed by atoms with E-state index in [1.165, 1.54) is 6.07 Å². The first-order chi connectivity index (χ1) is 7.96. The van der Waals surface area contributed by atoms with Gasteiger partial charge in [-0.2, -0.15) is 13.2 Å². The fourth-order valence-corrected chi connectivity index (χ4v) is 2.52. The Morgan fingerprint density at radius 1 is 1.29 bits per heavy atom. The van der Waals surface area contributed by atoms with Crippen LogP contribution in [0.2, 0.25) is 0 Å². The average Bonchev–Trinajstić information content (AvgIpc) is 2.75. The zero-order valence-electron chi connectivity index (χ0n) is 8.71. The highest BCUT2D eigenvalue weighted by Gasteiger charge is 2.66. The second-order valence-corrected chi connectivity index (χ2v) is 4.23. The number of halogens is 3. The predicted molar refractivity (Wildman–Crippen MR) is 55.6 cm³/mol. The van der Waals surface area contributed by atoms with E-state index in [2.05, 4.69) is 5.32 Å². The van der Waals surface area contributed by atoms with Crippen LogP contribution in [0.5, 0.6) is 0 Å². The molecule has 1 amide bonds. The van der Waals surface area contributed by atoms with Gasteiger partial charge in [-0.05, 0) is 12.1 Å². The quantitative estimate of drug-likeness (QED) is 0.758. The minimum absolute atomic E-state index is 0.0825. The average molecular weight is 242 g/mol. The van der Waals surface area contributed by atoms with E-state index in [0.29, 0.717) is 11.4 Å². The van der Waals surface area contributed by atoms with E-state index in [1.807, 2.05) is 0 Å². The molecule has 6 heteroatoms. The first kappa shape index (κ1) is 10.4. The third-order valence-corrected chi connectivity index (χ3v) is 3.29. The van der Waals surface area contributed by atoms with Crippen molar-refractivity contribution in [2.45, 2.75) is 24.7 Å². The van der Waals surface area contributed by atoms with Crippen molar-refractivity contribution >= 4 is 17.3 Å². The molecule has 0 spiro atoms. The van der Waals surface area contributed by atoms with Crippen LogP contribution in [0.25, 0.3) is 0 Å². The summed E-state index contributed by atoms with van der Waals surface area (Å²) in [6.45, 7) is 0. The number of carbonyl (C=O) groups is 1. The number of fused-ring (bicyclic) bond motifs is 3. The Balaban J connectivity index is 2.18. The molecule has 0 bridgehead atoms. The molecular formula is C11H9F3N2O. The van der Waals surface area contributed by atoms with Gasteiger partial charge in [-0.15, -0.1) is 0 Å². The molecular weight excluding hydrogens is 233 g/mol. The van der Waals surface area contributed by atoms with Crippen LogP contribution in [-0.2, 0) is 4.79 Å². The lowest BCUT2D eigenvalue weighted by molar-refractivity contribution is -0.175. The van der Waals surface area contributed by atoms with E-state index in [-0.39, 0.29) is 12.8 Å². The van der Waals surface area contributed by atoms with Crippen LogP contribution in [0, 0.1) is 0 Å². The molecule has 2 aliphatic heterocycles. The monoisotopic (exact) mass is 242 g/mol. The van der Waals surface area contributed by atoms with Crippen molar-refractivity contribution in [3.05, 3.63) is 24.3 Å². The van der Waals surface area contributed by atoms with Gasteiger partial charge >= 0.3 is 6.18 Å². The van der Waals surface area contributed by atoms with Crippen LogP contribution in [0.1, 0.15) is 12.8 Å². The van der Waals surface area contributed by atoms with E-state index in [9.17, 15) is 18.0 Å². The number of para-hydroxylation sites is 2. The lowest BCUT2D eigenvalue weighted by Crippen LogP contribution is -2.58. The molecule has 0 aromatic heterocycles. The molecule has 17 heavy (non-hydrogen) atoms. The van der Waals surface area contributed by atoms with Crippen LogP contribution in [0.4, 0.5) is 24.5 Å². The smallest absolute Gasteiger partial charge is 0.353 e. The number of amides is 1. The molecule has 0 radical (unpaired) electrons. The molecule has 1 aromatic rings. The maximum atomic E-state index is 13.2. The first-order valence-electron chi connectivity index (χ1n) is 5.23. The predicted octanol–water partition coefficient (Wildman–Crippen LogP) is 2.50. The summed E-state index contributed by atoms with van der Waals surface area (Å²) in [4.78, 5) is 12.5. The summed E-state index contributed by atoms with van der Waals surface area (Å²) in [7, 11) is 0. The van der Waals surface area contributed by atoms with Gasteiger partial charge in [0.15, 0.2) is 0 Å². The van der Waals surface area contributed by atoms with E-state index in [0.717, 1.165) is 4.90 Å². The number of nitrogens with one attached hydrogen (secondary N) is 1. The Labute approximate surface area is 95.2 Å². The van der Waals surface area contributed by atoms with Crippen LogP contribution in [-0.4, -0.2) is 17.7 Å². The van der Waals surface area contributed by atoms with Gasteiger partial charge in [0.1, 0.15) is 0 Å². The highest BCUT2D eigenvalue weighted by atomic mass is 19.4. The number of hydrogen-bond acceptors (Lipinski definition) is 2. The molecule has 0 saturated carbocycles. The molecule has 0 aliphatic carbocycles. The highest BCUT2D eigenvalue weighted by Crippen LogP contribution is 2.52. The van der Waals surface area contributed by atoms with Gasteiger partial charge < -0.3 is 5.32 Å². The molecule has 1 N–H and O–H groups in total. The number of anilines is 2. The fraction of sp³-hybridized carbons (Fsp3) is 0.364. The largest absolute Gasteiger partial charge is 0.430 e. The SMILES string of the molecule is O=C1CC[C@@]2(C(F)(F)F)Nc3ccccc3N12. The molecule has 2 heterocycles. The number of carbonyl (C=O) groups excluding carboxylic acids is 1. The van der Waals surface area contributed by atoms with E-state index in [4.69, 9.17) is 0 Å². The normalized spacial score (nSPS) is 26.8. The minimum Gasteiger partial charge on any atom is -0.353 e. The van der Waals surface area contributed by atoms with Gasteiger partial charge in [-0.25, -0.2) is 0 Å². The standard InChI is InChI=1S/C11H9F3N2O/c12-11(13,14)10-6-5-9(17)16(10)8-4-2-1-3-7(8)15-10/h1-4,15H,5-6H2/t10-/m1/s1. The van der Waals surface area contributed by atoms with Crippen molar-refractivity contribution in [3.8, 4) is 0 Å². The van der Waals surface area contributed by atoms with Crippen LogP contribution in [0.15, 0.2) is 24.3 Å². The highest BCUT2D eigenvalue weighted by molar-refractivity contribution is 6.04. The molecule has 1 saturated heterocycles. The second kappa shape index (κ2) is 2.94. The summed E-state index contributed by atoms with van der Waals surface area (Å²) >= 11 is 0. The second-order valence-electron chi connectivity index (χ2n) is 4.23. The molecule has 1 fully saturated rings. The third kappa shape index (κ3) is 1.15. The maximum Gasteiger partial charge on any atom is 0.430 e. The fourth-order valence-electron chi connectivity index (χ4n) is 2.52. The van der Waals surface area contributed by atoms with Crippen molar-refractivity contribution < 1.29 is 18.0 Å². The molecule has 1 atom stereocenters. The Kier molecular flexibility index (Phi) is 1.80. The Bertz CT molecular complexity index is 500. The topological polar surface area (TPSA) is 32.3 Å². The van der Waals surface area contributed by atoms with Gasteiger partial charge in [0.05, 0.1) is 11.4 Å². The molecule has 3 nitrogen and oxygen atoms in total. The first-order valence-corrected chi connectivity index (χ1v) is 5.23. The lowest BCUT2D eigenvalue weighted by Gasteiger charge is -2.34. The van der Waals surface area contributed by atoms with Gasteiger partial charge in [-0.3, -0.25) is 9.69 Å². The van der Waals surface area contributed by atoms with E-state index >= 15 is 0 Å². The van der Waals surface area contributed by atoms with Gasteiger partial charge in [0.2, 0.25) is 11.6 Å². The summed E-state index contributed by atoms with van der Waals surface area (Å²) in [6.07, 6.45) is -4.82. The third-order valence-electron chi connectivity index (χ3n) is 3.29. The minimum atomic E-state index is -4.49. The molecule has 2 aliphatic rings. The zero-order valence-corrected chi connectivity index (χ0v) is 8.71. The van der Waals surface area contributed by atoms with Crippen LogP contribution >= 0.6 is 0 Å². The summed E-state index contributed by atoms with van der Waals surface area (Å²) < 4.78 is 39.6. The van der Waals surface area contributed by atoms with Crippen molar-refractivity contribution in [1.82, 2.24) is 0 Å². The summed E-state index contributed by atoms with van der Waals surface area (Å²) in [6, 6.07) is 6.34. The van der Waals surface area contributed by atoms with Crippen molar-refractivity contribution in [3.63, 3.8) is 0 Å². The molecule has 90 valence electrons. The van der Waals surface area contributed by atoms with E-state index < -0.39 is 17.7 Å². The Hall–Kier alpha value is -1.72. The van der Waals surface area contributed by atoms with Crippen LogP contribution in [0.3, 0.4) is 0 Å². The number of nitrogens with zero attached hydrogens (tertiary/aromatic N) is 1. The zero-order chi connectivity index (χ0) is 12.3.